The molecule has 0 amide bonds. The number of nitrogens with one attached hydrogen (secondary N) is 2. The Labute approximate surface area is 141 Å². The lowest BCUT2D eigenvalue weighted by Crippen LogP contribution is -2.12. The number of methoxy groups -OCH3 is 2. The van der Waals surface area contributed by atoms with Gasteiger partial charge >= 0.3 is 0 Å². The van der Waals surface area contributed by atoms with Crippen LogP contribution in [-0.2, 0) is 10.0 Å². The van der Waals surface area contributed by atoms with Crippen LogP contribution in [0, 0.1) is 0 Å². The number of sulfonamides is 1. The number of hydrogen-bond donors (Lipinski definition) is 2. The van der Waals surface area contributed by atoms with Crippen molar-refractivity contribution in [2.24, 2.45) is 0 Å². The number of aromatic amines is 1. The number of aromatic nitrogens is 2. The number of rotatable bonds is 5. The normalized spacial score (nSPS) is 11.6. The Bertz CT molecular complexity index is 965. The highest BCUT2D eigenvalue weighted by Gasteiger charge is 2.23. The summed E-state index contributed by atoms with van der Waals surface area (Å²) in [5, 5.41) is 2.42. The van der Waals surface area contributed by atoms with Gasteiger partial charge in [0.15, 0.2) is 5.75 Å². The maximum Gasteiger partial charge on any atom is 0.264 e. The van der Waals surface area contributed by atoms with Gasteiger partial charge in [-0.2, -0.15) is 4.37 Å². The Morgan fingerprint density at radius 1 is 1.30 bits per heavy atom. The first-order valence-electron chi connectivity index (χ1n) is 6.32. The minimum absolute atomic E-state index is 0.0794. The third-order valence-electron chi connectivity index (χ3n) is 3.19. The summed E-state index contributed by atoms with van der Waals surface area (Å²) in [6, 6.07) is 3.21. The molecule has 122 valence electrons. The van der Waals surface area contributed by atoms with Crippen molar-refractivity contribution in [1.82, 2.24) is 9.36 Å². The second kappa shape index (κ2) is 5.91. The zero-order valence-corrected chi connectivity index (χ0v) is 14.5. The first-order valence-corrected chi connectivity index (χ1v) is 9.02. The summed E-state index contributed by atoms with van der Waals surface area (Å²) in [4.78, 5) is 2.97. The van der Waals surface area contributed by atoms with Gasteiger partial charge in [-0.3, -0.25) is 4.72 Å². The molecular weight excluding hydrogens is 362 g/mol. The molecule has 3 rings (SSSR count). The molecule has 0 radical (unpaired) electrons. The largest absolute Gasteiger partial charge is 0.493 e. The van der Waals surface area contributed by atoms with E-state index in [1.54, 1.807) is 17.5 Å². The molecule has 3 aromatic rings. The number of hydrogen-bond acceptors (Lipinski definition) is 6. The highest BCUT2D eigenvalue weighted by molar-refractivity contribution is 7.93. The van der Waals surface area contributed by atoms with Gasteiger partial charge in [-0.05, 0) is 23.7 Å². The van der Waals surface area contributed by atoms with Gasteiger partial charge in [0.05, 0.1) is 24.8 Å². The molecule has 0 saturated carbocycles. The molecule has 1 aromatic carbocycles. The second-order valence-electron chi connectivity index (χ2n) is 4.50. The molecule has 0 aliphatic rings. The van der Waals surface area contributed by atoms with E-state index in [1.165, 1.54) is 20.4 Å². The van der Waals surface area contributed by atoms with Crippen LogP contribution in [0.25, 0.3) is 10.9 Å². The smallest absolute Gasteiger partial charge is 0.264 e. The molecule has 0 atom stereocenters. The van der Waals surface area contributed by atoms with E-state index in [-0.39, 0.29) is 16.5 Å². The van der Waals surface area contributed by atoms with Crippen molar-refractivity contribution in [2.45, 2.75) is 4.90 Å². The number of anilines is 1. The van der Waals surface area contributed by atoms with Gasteiger partial charge < -0.3 is 14.5 Å². The van der Waals surface area contributed by atoms with E-state index in [0.717, 1.165) is 11.5 Å². The van der Waals surface area contributed by atoms with Crippen LogP contribution >= 0.6 is 23.1 Å². The van der Waals surface area contributed by atoms with Gasteiger partial charge in [0, 0.05) is 17.0 Å². The van der Waals surface area contributed by atoms with E-state index in [0.29, 0.717) is 21.7 Å². The zero-order chi connectivity index (χ0) is 16.6. The van der Waals surface area contributed by atoms with Crippen molar-refractivity contribution >= 4 is 49.7 Å². The lowest BCUT2D eigenvalue weighted by atomic mass is 10.2. The highest BCUT2D eigenvalue weighted by atomic mass is 35.5. The van der Waals surface area contributed by atoms with E-state index in [9.17, 15) is 8.42 Å². The van der Waals surface area contributed by atoms with E-state index >= 15 is 0 Å². The Morgan fingerprint density at radius 3 is 2.78 bits per heavy atom. The summed E-state index contributed by atoms with van der Waals surface area (Å²) in [6.45, 7) is 0. The molecule has 0 saturated heterocycles. The molecular formula is C13H12ClN3O4S2. The average molecular weight is 374 g/mol. The van der Waals surface area contributed by atoms with Crippen molar-refractivity contribution in [3.8, 4) is 11.6 Å². The van der Waals surface area contributed by atoms with Gasteiger partial charge in [0.25, 0.3) is 10.0 Å². The van der Waals surface area contributed by atoms with Gasteiger partial charge in [0.2, 0.25) is 5.88 Å². The number of ether oxygens (including phenoxy) is 2. The lowest BCUT2D eigenvalue weighted by Gasteiger charge is -2.07. The fraction of sp³-hybridized carbons (Fsp3) is 0.154. The van der Waals surface area contributed by atoms with E-state index < -0.39 is 10.0 Å². The van der Waals surface area contributed by atoms with Crippen LogP contribution in [0.2, 0.25) is 5.02 Å². The summed E-state index contributed by atoms with van der Waals surface area (Å²) in [6.07, 6.45) is 1.39. The van der Waals surface area contributed by atoms with Gasteiger partial charge in [-0.15, -0.1) is 0 Å². The van der Waals surface area contributed by atoms with E-state index in [2.05, 4.69) is 14.1 Å². The van der Waals surface area contributed by atoms with Gasteiger partial charge in [-0.1, -0.05) is 11.6 Å². The first kappa shape index (κ1) is 15.9. The molecule has 0 fully saturated rings. The lowest BCUT2D eigenvalue weighted by molar-refractivity contribution is 0.405. The number of halogens is 1. The monoisotopic (exact) mass is 373 g/mol. The van der Waals surface area contributed by atoms with Crippen molar-refractivity contribution in [3.63, 3.8) is 0 Å². The summed E-state index contributed by atoms with van der Waals surface area (Å²) >= 11 is 7.14. The van der Waals surface area contributed by atoms with Crippen LogP contribution in [0.15, 0.2) is 28.6 Å². The number of fused-ring (bicyclic) bond motifs is 1. The van der Waals surface area contributed by atoms with Crippen LogP contribution in [0.1, 0.15) is 0 Å². The van der Waals surface area contributed by atoms with Crippen LogP contribution < -0.4 is 14.2 Å². The molecule has 0 aliphatic heterocycles. The van der Waals surface area contributed by atoms with Crippen molar-refractivity contribution in [1.29, 1.82) is 0 Å². The predicted molar refractivity (Wildman–Crippen MR) is 89.3 cm³/mol. The second-order valence-corrected chi connectivity index (χ2v) is 7.19. The van der Waals surface area contributed by atoms with Crippen molar-refractivity contribution in [2.75, 3.05) is 18.9 Å². The van der Waals surface area contributed by atoms with Crippen molar-refractivity contribution in [3.05, 3.63) is 28.7 Å². The SMILES string of the molecule is COc1nscc1NS(=O)(=O)c1c[nH]c2c(OC)c(Cl)ccc12. The Hall–Kier alpha value is -1.97. The third-order valence-corrected chi connectivity index (χ3v) is 5.51. The molecule has 0 aliphatic carbocycles. The number of nitrogens with zero attached hydrogens (tertiary/aromatic N) is 1. The molecule has 0 bridgehead atoms. The molecule has 0 unspecified atom stereocenters. The first-order chi connectivity index (χ1) is 11.0. The number of H-pyrrole nitrogens is 1. The van der Waals surface area contributed by atoms with E-state index in [1.807, 2.05) is 0 Å². The van der Waals surface area contributed by atoms with E-state index in [4.69, 9.17) is 21.1 Å². The minimum Gasteiger partial charge on any atom is -0.493 e. The summed E-state index contributed by atoms with van der Waals surface area (Å²) < 4.78 is 41.9. The van der Waals surface area contributed by atoms with Gasteiger partial charge in [-0.25, -0.2) is 8.42 Å². The minimum atomic E-state index is -3.83. The van der Waals surface area contributed by atoms with Crippen molar-refractivity contribution < 1.29 is 17.9 Å². The fourth-order valence-electron chi connectivity index (χ4n) is 2.18. The Balaban J connectivity index is 2.09. The molecule has 2 heterocycles. The molecule has 0 spiro atoms. The van der Waals surface area contributed by atoms with Crippen LogP contribution in [0.4, 0.5) is 5.69 Å². The van der Waals surface area contributed by atoms with Gasteiger partial charge in [0.1, 0.15) is 10.6 Å². The summed E-state index contributed by atoms with van der Waals surface area (Å²) in [7, 11) is -0.940. The molecule has 7 nitrogen and oxygen atoms in total. The van der Waals surface area contributed by atoms with Crippen LogP contribution in [0.5, 0.6) is 11.6 Å². The van der Waals surface area contributed by atoms with Crippen LogP contribution in [-0.4, -0.2) is 32.0 Å². The Morgan fingerprint density at radius 2 is 2.09 bits per heavy atom. The molecule has 10 heteroatoms. The zero-order valence-electron chi connectivity index (χ0n) is 12.1. The van der Waals surface area contributed by atoms with Crippen LogP contribution in [0.3, 0.4) is 0 Å². The quantitative estimate of drug-likeness (QED) is 0.716. The summed E-state index contributed by atoms with van der Waals surface area (Å²) in [5.74, 6) is 0.611. The highest BCUT2D eigenvalue weighted by Crippen LogP contribution is 2.36. The maximum atomic E-state index is 12.6. The average Bonchev–Trinajstić information content (AvgIpc) is 3.13. The predicted octanol–water partition coefficient (Wildman–Crippen LogP) is 3.10. The standard InChI is InChI=1S/C13H12ClN3O4S2/c1-20-12-8(14)4-3-7-10(5-15-11(7)12)23(18,19)17-9-6-22-16-13(9)21-2/h3-6,15,17H,1-2H3. The molecule has 2 N–H and O–H groups in total. The number of benzene rings is 1. The molecule has 2 aromatic heterocycles. The topological polar surface area (TPSA) is 93.3 Å². The fourth-order valence-corrected chi connectivity index (χ4v) is 4.30. The maximum absolute atomic E-state index is 12.6. The third kappa shape index (κ3) is 2.71. The summed E-state index contributed by atoms with van der Waals surface area (Å²) in [5.41, 5.74) is 0.795. The Kier molecular flexibility index (Phi) is 4.09. The molecule has 23 heavy (non-hydrogen) atoms.